The molecular formula is C28H54N3O6S+. The summed E-state index contributed by atoms with van der Waals surface area (Å²) in [4.78, 5) is 48.8. The van der Waals surface area contributed by atoms with E-state index >= 15 is 0 Å². The van der Waals surface area contributed by atoms with E-state index in [1.165, 1.54) is 0 Å². The Kier molecular flexibility index (Phi) is 16.9. The van der Waals surface area contributed by atoms with Crippen LogP contribution in [0.3, 0.4) is 0 Å². The van der Waals surface area contributed by atoms with Crippen LogP contribution in [0.5, 0.6) is 0 Å². The molecule has 2 atom stereocenters. The van der Waals surface area contributed by atoms with Gasteiger partial charge in [-0.15, -0.1) is 0 Å². The smallest absolute Gasteiger partial charge is 0.359 e. The number of nitrogens with one attached hydrogen (secondary N) is 2. The first-order valence-electron chi connectivity index (χ1n) is 14.0. The molecule has 9 nitrogen and oxygen atoms in total. The first kappa shape index (κ1) is 36.2. The molecule has 2 unspecified atom stereocenters. The predicted octanol–water partition coefficient (Wildman–Crippen LogP) is 3.80. The number of aliphatic carboxylic acids is 1. The van der Waals surface area contributed by atoms with Crippen LogP contribution in [0, 0.1) is 10.8 Å². The number of nitrogens with zero attached hydrogens (tertiary/aromatic N) is 1. The summed E-state index contributed by atoms with van der Waals surface area (Å²) in [7, 11) is 3.69. The van der Waals surface area contributed by atoms with E-state index in [9.17, 15) is 19.2 Å². The monoisotopic (exact) mass is 560 g/mol. The maximum absolute atomic E-state index is 12.9. The summed E-state index contributed by atoms with van der Waals surface area (Å²) in [6.07, 6.45) is 6.93. The molecule has 2 amide bonds. The van der Waals surface area contributed by atoms with E-state index in [0.29, 0.717) is 48.5 Å². The minimum atomic E-state index is -0.853. The van der Waals surface area contributed by atoms with Crippen LogP contribution in [0.25, 0.3) is 0 Å². The lowest BCUT2D eigenvalue weighted by atomic mass is 9.72. The number of amides is 2. The molecule has 0 aromatic rings. The maximum atomic E-state index is 12.9. The molecule has 0 fully saturated rings. The summed E-state index contributed by atoms with van der Waals surface area (Å²) in [5.74, 6) is -1.43. The number of ether oxygens (including phenoxy) is 1. The normalized spacial score (nSPS) is 14.3. The number of unbranched alkanes of at least 4 members (excludes halogenated alkanes) is 1. The molecule has 0 heterocycles. The Hall–Kier alpha value is -1.81. The van der Waals surface area contributed by atoms with Crippen molar-refractivity contribution in [1.82, 2.24) is 10.6 Å². The van der Waals surface area contributed by atoms with Gasteiger partial charge < -0.3 is 25.0 Å². The van der Waals surface area contributed by atoms with Gasteiger partial charge in [-0.2, -0.15) is 12.6 Å². The van der Waals surface area contributed by atoms with Gasteiger partial charge in [0.15, 0.2) is 6.54 Å². The average molecular weight is 561 g/mol. The van der Waals surface area contributed by atoms with Crippen LogP contribution in [0.15, 0.2) is 0 Å². The fourth-order valence-corrected chi connectivity index (χ4v) is 4.97. The Labute approximate surface area is 235 Å². The second kappa shape index (κ2) is 17.7. The van der Waals surface area contributed by atoms with Gasteiger partial charge in [0.05, 0.1) is 32.6 Å². The van der Waals surface area contributed by atoms with Gasteiger partial charge >= 0.3 is 11.9 Å². The van der Waals surface area contributed by atoms with Crippen molar-refractivity contribution in [3.63, 3.8) is 0 Å². The largest absolute Gasteiger partial charge is 0.477 e. The Morgan fingerprint density at radius 2 is 1.63 bits per heavy atom. The number of quaternary nitrogens is 1. The number of thiol groups is 1. The van der Waals surface area contributed by atoms with Crippen molar-refractivity contribution in [3.05, 3.63) is 0 Å². The topological polar surface area (TPSA) is 122 Å². The highest BCUT2D eigenvalue weighted by Gasteiger charge is 2.42. The molecule has 0 aliphatic rings. The van der Waals surface area contributed by atoms with E-state index < -0.39 is 16.8 Å². The summed E-state index contributed by atoms with van der Waals surface area (Å²) in [6, 6.07) is 0. The highest BCUT2D eigenvalue weighted by atomic mass is 32.1. The Morgan fingerprint density at radius 1 is 0.974 bits per heavy atom. The van der Waals surface area contributed by atoms with E-state index in [0.717, 1.165) is 32.1 Å². The Bertz CT molecular complexity index is 759. The molecular weight excluding hydrogens is 506 g/mol. The van der Waals surface area contributed by atoms with Crippen molar-refractivity contribution in [3.8, 4) is 0 Å². The second-order valence-corrected chi connectivity index (χ2v) is 12.7. The van der Waals surface area contributed by atoms with E-state index in [1.807, 2.05) is 41.8 Å². The second-order valence-electron chi connectivity index (χ2n) is 12.0. The van der Waals surface area contributed by atoms with Gasteiger partial charge in [0.25, 0.3) is 0 Å². The minimum absolute atomic E-state index is 0.0238. The van der Waals surface area contributed by atoms with E-state index in [2.05, 4.69) is 30.2 Å². The third-order valence-corrected chi connectivity index (χ3v) is 7.50. The van der Waals surface area contributed by atoms with E-state index in [1.54, 1.807) is 0 Å². The number of hydrogen-bond acceptors (Lipinski definition) is 6. The van der Waals surface area contributed by atoms with Crippen LogP contribution in [0.2, 0.25) is 0 Å². The number of carboxylic acid groups (broad SMARTS) is 1. The molecule has 0 spiro atoms. The molecule has 0 bridgehead atoms. The lowest BCUT2D eigenvalue weighted by Gasteiger charge is -2.34. The van der Waals surface area contributed by atoms with Crippen molar-refractivity contribution >= 4 is 36.4 Å². The fourth-order valence-electron chi connectivity index (χ4n) is 4.53. The van der Waals surface area contributed by atoms with Gasteiger partial charge in [-0.25, -0.2) is 4.79 Å². The first-order chi connectivity index (χ1) is 17.6. The molecule has 0 saturated heterocycles. The summed E-state index contributed by atoms with van der Waals surface area (Å²) < 4.78 is 5.82. The van der Waals surface area contributed by atoms with Crippen molar-refractivity contribution < 1.29 is 33.5 Å². The number of likely N-dealkylation sites (N-methyl/N-ethyl adjacent to an activating group) is 1. The molecule has 0 radical (unpaired) electrons. The number of rotatable bonds is 21. The molecule has 0 aromatic heterocycles. The number of carbonyl (C=O) groups is 4. The first-order valence-corrected chi connectivity index (χ1v) is 14.5. The van der Waals surface area contributed by atoms with Crippen molar-refractivity contribution in [1.29, 1.82) is 0 Å². The third-order valence-electron chi connectivity index (χ3n) is 6.98. The van der Waals surface area contributed by atoms with E-state index in [4.69, 9.17) is 9.84 Å². The zero-order valence-electron chi connectivity index (χ0n) is 24.9. The van der Waals surface area contributed by atoms with Gasteiger partial charge in [-0.05, 0) is 39.0 Å². The fraction of sp³-hybridized carbons (Fsp3) is 0.857. The molecule has 0 saturated carbocycles. The predicted molar refractivity (Wildman–Crippen MR) is 154 cm³/mol. The zero-order valence-corrected chi connectivity index (χ0v) is 25.8. The van der Waals surface area contributed by atoms with Crippen LogP contribution in [-0.4, -0.2) is 85.5 Å². The van der Waals surface area contributed by atoms with E-state index in [-0.39, 0.29) is 37.5 Å². The Morgan fingerprint density at radius 3 is 2.21 bits per heavy atom. The summed E-state index contributed by atoms with van der Waals surface area (Å²) in [5, 5.41) is 15.1. The van der Waals surface area contributed by atoms with Gasteiger partial charge in [0.2, 0.25) is 11.8 Å². The van der Waals surface area contributed by atoms with Crippen molar-refractivity contribution in [2.75, 3.05) is 46.9 Å². The quantitative estimate of drug-likeness (QED) is 0.0733. The summed E-state index contributed by atoms with van der Waals surface area (Å²) >= 11 is 4.54. The van der Waals surface area contributed by atoms with Crippen LogP contribution >= 0.6 is 12.6 Å². The highest BCUT2D eigenvalue weighted by molar-refractivity contribution is 7.80. The molecule has 10 heteroatoms. The number of hydrogen-bond donors (Lipinski definition) is 4. The van der Waals surface area contributed by atoms with Crippen molar-refractivity contribution in [2.45, 2.75) is 97.7 Å². The molecule has 0 aromatic carbocycles. The lowest BCUT2D eigenvalue weighted by Crippen LogP contribution is -2.46. The maximum Gasteiger partial charge on any atom is 0.359 e. The standard InChI is InChI=1S/C28H53N3O6S/c1-8-13-22(38)14-10-11-15-23(32)29-17-19-37-26(36)28(5,9-2)21-27(3,4)25(35)30-16-12-18-31(6,7)20-24(33)34/h22H,8-21H2,1-7H3,(H3-,29,30,32,33,34,35,38)/p+1. The average Bonchev–Trinajstić information content (AvgIpc) is 2.81. The van der Waals surface area contributed by atoms with Gasteiger partial charge in [0, 0.05) is 30.1 Å². The molecule has 38 heavy (non-hydrogen) atoms. The molecule has 0 aliphatic carbocycles. The van der Waals surface area contributed by atoms with Gasteiger partial charge in [-0.1, -0.05) is 40.5 Å². The number of carboxylic acids is 1. The number of esters is 1. The van der Waals surface area contributed by atoms with Crippen LogP contribution in [0.1, 0.15) is 92.4 Å². The van der Waals surface area contributed by atoms with Crippen LogP contribution in [-0.2, 0) is 23.9 Å². The van der Waals surface area contributed by atoms with Gasteiger partial charge in [0.1, 0.15) is 6.61 Å². The minimum Gasteiger partial charge on any atom is -0.477 e. The van der Waals surface area contributed by atoms with Crippen LogP contribution < -0.4 is 10.6 Å². The van der Waals surface area contributed by atoms with Crippen molar-refractivity contribution in [2.24, 2.45) is 10.8 Å². The molecule has 222 valence electrons. The highest BCUT2D eigenvalue weighted by Crippen LogP contribution is 2.37. The van der Waals surface area contributed by atoms with Crippen LogP contribution in [0.4, 0.5) is 0 Å². The zero-order chi connectivity index (χ0) is 29.4. The summed E-state index contributed by atoms with van der Waals surface area (Å²) in [6.45, 7) is 10.9. The Balaban J connectivity index is 4.48. The molecule has 0 aliphatic heterocycles. The van der Waals surface area contributed by atoms with Gasteiger partial charge in [-0.3, -0.25) is 14.4 Å². The SMILES string of the molecule is CCCC(S)CCCCC(=O)NCCOC(=O)C(C)(CC)CC(C)(C)C(=O)NCCC[N+](C)(C)CC(=O)O. The lowest BCUT2D eigenvalue weighted by molar-refractivity contribution is -0.883. The molecule has 0 rings (SSSR count). The summed E-state index contributed by atoms with van der Waals surface area (Å²) in [5.41, 5.74) is -1.64. The third kappa shape index (κ3) is 15.6. The molecule has 3 N–H and O–H groups in total. The number of carbonyl (C=O) groups excluding carboxylic acids is 3.